The Balaban J connectivity index is 1.59. The number of hydrogen-bond donors (Lipinski definition) is 1. The molecule has 0 bridgehead atoms. The van der Waals surface area contributed by atoms with Gasteiger partial charge in [-0.15, -0.1) is 16.9 Å². The van der Waals surface area contributed by atoms with Crippen molar-refractivity contribution in [2.24, 2.45) is 0 Å². The minimum Gasteiger partial charge on any atom is -0.333 e. The van der Waals surface area contributed by atoms with Crippen molar-refractivity contribution in [3.63, 3.8) is 0 Å². The first-order valence-corrected chi connectivity index (χ1v) is 10.6. The van der Waals surface area contributed by atoms with Crippen LogP contribution in [0.15, 0.2) is 47.9 Å². The monoisotopic (exact) mass is 382 g/mol. The lowest BCUT2D eigenvalue weighted by Crippen LogP contribution is -2.35. The van der Waals surface area contributed by atoms with E-state index < -0.39 is 0 Å². The molecule has 1 aliphatic heterocycles. The molecule has 27 heavy (non-hydrogen) atoms. The van der Waals surface area contributed by atoms with Crippen LogP contribution in [-0.4, -0.2) is 55.2 Å². The molecule has 142 valence electrons. The molecule has 0 saturated carbocycles. The second-order valence-electron chi connectivity index (χ2n) is 6.93. The average Bonchev–Trinajstić information content (AvgIpc) is 3.39. The van der Waals surface area contributed by atoms with Gasteiger partial charge in [0.05, 0.1) is 18.2 Å². The molecule has 0 radical (unpaired) electrons. The summed E-state index contributed by atoms with van der Waals surface area (Å²) in [5, 5.41) is 11.6. The van der Waals surface area contributed by atoms with Crippen molar-refractivity contribution in [2.75, 3.05) is 25.4 Å². The zero-order chi connectivity index (χ0) is 18.5. The van der Waals surface area contributed by atoms with E-state index in [0.29, 0.717) is 5.92 Å². The number of piperidine rings is 1. The third kappa shape index (κ3) is 4.25. The van der Waals surface area contributed by atoms with Gasteiger partial charge in [-0.2, -0.15) is 10.3 Å². The number of aryl methyl sites for hydroxylation is 1. The first-order chi connectivity index (χ1) is 13.3. The van der Waals surface area contributed by atoms with E-state index in [9.17, 15) is 0 Å². The van der Waals surface area contributed by atoms with Crippen LogP contribution in [0.3, 0.4) is 0 Å². The van der Waals surface area contributed by atoms with Gasteiger partial charge in [0.15, 0.2) is 0 Å². The number of imidazole rings is 1. The zero-order valence-corrected chi connectivity index (χ0v) is 16.5. The fourth-order valence-corrected chi connectivity index (χ4v) is 4.62. The highest BCUT2D eigenvalue weighted by Crippen LogP contribution is 2.34. The van der Waals surface area contributed by atoms with Crippen LogP contribution < -0.4 is 0 Å². The minimum absolute atomic E-state index is 0.536. The number of nitrogens with one attached hydrogen (secondary N) is 1. The quantitative estimate of drug-likeness (QED) is 0.632. The van der Waals surface area contributed by atoms with Crippen LogP contribution in [0.5, 0.6) is 0 Å². The number of rotatable bonds is 7. The molecular weight excluding hydrogens is 356 g/mol. The summed E-state index contributed by atoms with van der Waals surface area (Å²) in [6.07, 6.45) is 6.28. The highest BCUT2D eigenvalue weighted by atomic mass is 32.2. The first-order valence-electron chi connectivity index (χ1n) is 9.66. The Bertz CT molecular complexity index is 830. The highest BCUT2D eigenvalue weighted by Gasteiger charge is 2.26. The molecule has 3 aromatic rings. The third-order valence-corrected chi connectivity index (χ3v) is 6.12. The molecule has 1 atom stereocenters. The van der Waals surface area contributed by atoms with Gasteiger partial charge in [0.1, 0.15) is 5.03 Å². The number of nitrogens with zero attached hydrogens (tertiary/aromatic N) is 5. The fraction of sp³-hybridized carbons (Fsp3) is 0.450. The van der Waals surface area contributed by atoms with Crippen molar-refractivity contribution >= 4 is 11.8 Å². The van der Waals surface area contributed by atoms with Crippen molar-refractivity contribution < 1.29 is 0 Å². The third-order valence-electron chi connectivity index (χ3n) is 5.24. The summed E-state index contributed by atoms with van der Waals surface area (Å²) >= 11 is 1.72. The molecule has 4 rings (SSSR count). The van der Waals surface area contributed by atoms with Crippen LogP contribution in [0.1, 0.15) is 31.4 Å². The van der Waals surface area contributed by atoms with Crippen molar-refractivity contribution in [3.8, 4) is 11.3 Å². The molecule has 0 aliphatic carbocycles. The largest absolute Gasteiger partial charge is 0.333 e. The van der Waals surface area contributed by atoms with Gasteiger partial charge in [-0.3, -0.25) is 0 Å². The lowest BCUT2D eigenvalue weighted by Gasteiger charge is -2.32. The molecule has 1 saturated heterocycles. The molecule has 1 aromatic carbocycles. The van der Waals surface area contributed by atoms with E-state index in [1.165, 1.54) is 30.6 Å². The van der Waals surface area contributed by atoms with E-state index in [1.54, 1.807) is 18.0 Å². The van der Waals surface area contributed by atoms with Crippen molar-refractivity contribution in [1.82, 2.24) is 29.9 Å². The molecule has 0 amide bonds. The van der Waals surface area contributed by atoms with E-state index in [0.717, 1.165) is 36.1 Å². The lowest BCUT2D eigenvalue weighted by molar-refractivity contribution is 0.214. The summed E-state index contributed by atoms with van der Waals surface area (Å²) in [5.74, 6) is 1.49. The number of aromatic amines is 1. The standard InChI is InChI=1S/C20H26N6S/c1-2-25-10-6-9-17(14-25)20-19(16-7-4-3-5-8-16)21-15-26(20)11-12-27-18-13-22-24-23-18/h3-5,7-8,13,15,17H,2,6,9-12,14H2,1H3,(H,22,23,24)/t17-/m0/s1. The van der Waals surface area contributed by atoms with Crippen molar-refractivity contribution in [2.45, 2.75) is 37.3 Å². The summed E-state index contributed by atoms with van der Waals surface area (Å²) in [4.78, 5) is 7.39. The summed E-state index contributed by atoms with van der Waals surface area (Å²) in [6.45, 7) is 6.64. The summed E-state index contributed by atoms with van der Waals surface area (Å²) in [5.41, 5.74) is 3.74. The minimum atomic E-state index is 0.536. The number of benzene rings is 1. The van der Waals surface area contributed by atoms with Gasteiger partial charge in [0, 0.05) is 36.0 Å². The van der Waals surface area contributed by atoms with Gasteiger partial charge in [-0.25, -0.2) is 4.98 Å². The number of H-pyrrole nitrogens is 1. The average molecular weight is 383 g/mol. The molecular formula is C20H26N6S. The Hall–Kier alpha value is -2.12. The van der Waals surface area contributed by atoms with E-state index >= 15 is 0 Å². The number of thioether (sulfide) groups is 1. The number of likely N-dealkylation sites (N-methyl/N-ethyl adjacent to an activating group) is 1. The Morgan fingerprint density at radius 3 is 2.93 bits per heavy atom. The van der Waals surface area contributed by atoms with Crippen LogP contribution in [0.4, 0.5) is 0 Å². The Kier molecular flexibility index (Phi) is 5.89. The topological polar surface area (TPSA) is 62.6 Å². The predicted octanol–water partition coefficient (Wildman–Crippen LogP) is 3.66. The molecule has 0 spiro atoms. The maximum absolute atomic E-state index is 4.83. The van der Waals surface area contributed by atoms with Gasteiger partial charge >= 0.3 is 0 Å². The summed E-state index contributed by atoms with van der Waals surface area (Å²) < 4.78 is 2.36. The molecule has 6 nitrogen and oxygen atoms in total. The Labute approximate surface area is 164 Å². The van der Waals surface area contributed by atoms with Crippen molar-refractivity contribution in [3.05, 3.63) is 48.5 Å². The van der Waals surface area contributed by atoms with Gasteiger partial charge in [0.25, 0.3) is 0 Å². The second kappa shape index (κ2) is 8.71. The van der Waals surface area contributed by atoms with Gasteiger partial charge in [0.2, 0.25) is 0 Å². The maximum atomic E-state index is 4.83. The number of likely N-dealkylation sites (tertiary alicyclic amines) is 1. The molecule has 0 unspecified atom stereocenters. The summed E-state index contributed by atoms with van der Waals surface area (Å²) in [7, 11) is 0. The van der Waals surface area contributed by atoms with Gasteiger partial charge in [-0.05, 0) is 25.9 Å². The summed E-state index contributed by atoms with van der Waals surface area (Å²) in [6, 6.07) is 10.6. The van der Waals surface area contributed by atoms with E-state index in [1.807, 2.05) is 6.33 Å². The van der Waals surface area contributed by atoms with Crippen LogP contribution in [0, 0.1) is 0 Å². The molecule has 3 heterocycles. The van der Waals surface area contributed by atoms with E-state index in [2.05, 4.69) is 62.1 Å². The Morgan fingerprint density at radius 2 is 2.15 bits per heavy atom. The molecule has 1 N–H and O–H groups in total. The number of aromatic nitrogens is 5. The Morgan fingerprint density at radius 1 is 1.26 bits per heavy atom. The molecule has 1 fully saturated rings. The maximum Gasteiger partial charge on any atom is 0.138 e. The molecule has 1 aliphatic rings. The molecule has 7 heteroatoms. The fourth-order valence-electron chi connectivity index (χ4n) is 3.89. The van der Waals surface area contributed by atoms with Crippen LogP contribution in [0.2, 0.25) is 0 Å². The SMILES string of the molecule is CCN1CCC[C@H](c2c(-c3ccccc3)ncn2CCSc2cn[nH]n2)C1. The van der Waals surface area contributed by atoms with Crippen LogP contribution in [-0.2, 0) is 6.54 Å². The van der Waals surface area contributed by atoms with Crippen LogP contribution >= 0.6 is 11.8 Å². The highest BCUT2D eigenvalue weighted by molar-refractivity contribution is 7.99. The first kappa shape index (κ1) is 18.3. The second-order valence-corrected chi connectivity index (χ2v) is 8.04. The normalized spacial score (nSPS) is 18.0. The van der Waals surface area contributed by atoms with E-state index in [-0.39, 0.29) is 0 Å². The van der Waals surface area contributed by atoms with E-state index in [4.69, 9.17) is 4.98 Å². The van der Waals surface area contributed by atoms with Gasteiger partial charge < -0.3 is 9.47 Å². The van der Waals surface area contributed by atoms with Crippen molar-refractivity contribution in [1.29, 1.82) is 0 Å². The predicted molar refractivity (Wildman–Crippen MR) is 109 cm³/mol. The smallest absolute Gasteiger partial charge is 0.138 e. The van der Waals surface area contributed by atoms with Gasteiger partial charge in [-0.1, -0.05) is 37.3 Å². The number of hydrogen-bond acceptors (Lipinski definition) is 5. The molecule has 2 aromatic heterocycles. The lowest BCUT2D eigenvalue weighted by atomic mass is 9.91. The van der Waals surface area contributed by atoms with Crippen LogP contribution in [0.25, 0.3) is 11.3 Å². The zero-order valence-electron chi connectivity index (χ0n) is 15.7.